The molecule has 0 aromatic heterocycles. The van der Waals surface area contributed by atoms with Crippen LogP contribution in [0.3, 0.4) is 0 Å². The van der Waals surface area contributed by atoms with Crippen molar-refractivity contribution in [3.8, 4) is 0 Å². The summed E-state index contributed by atoms with van der Waals surface area (Å²) in [5, 5.41) is 3.07. The van der Waals surface area contributed by atoms with Gasteiger partial charge in [-0.05, 0) is 0 Å². The van der Waals surface area contributed by atoms with Crippen molar-refractivity contribution in [1.82, 2.24) is 0 Å². The molecular formula is C28H30GeSi. The second kappa shape index (κ2) is 8.79. The van der Waals surface area contributed by atoms with E-state index >= 15 is 0 Å². The summed E-state index contributed by atoms with van der Waals surface area (Å²) in [4.78, 5) is 0. The van der Waals surface area contributed by atoms with E-state index in [2.05, 4.69) is 141 Å². The Kier molecular flexibility index (Phi) is 6.12. The fraction of sp³-hybridized carbons (Fsp3) is 0.143. The van der Waals surface area contributed by atoms with Crippen LogP contribution < -0.4 is 19.2 Å². The van der Waals surface area contributed by atoms with E-state index in [9.17, 15) is 0 Å². The van der Waals surface area contributed by atoms with E-state index < -0.39 is 21.3 Å². The molecule has 0 aliphatic heterocycles. The first-order chi connectivity index (χ1) is 14.6. The van der Waals surface area contributed by atoms with Gasteiger partial charge in [0.2, 0.25) is 0 Å². The first-order valence-electron chi connectivity index (χ1n) is 10.8. The fourth-order valence-electron chi connectivity index (χ4n) is 5.05. The molecule has 4 aromatic rings. The summed E-state index contributed by atoms with van der Waals surface area (Å²) < 4.78 is 3.76. The number of rotatable bonds is 6. The van der Waals surface area contributed by atoms with E-state index in [0.29, 0.717) is 4.37 Å². The standard InChI is InChI=1S/C28H30GeSi/c1-24(29(2,25-16-8-4-9-17-25)26-18-10-5-11-19-26)30(3,27-20-12-6-13-21-27)28-22-14-7-15-23-28/h4-24H,1-3H3. The summed E-state index contributed by atoms with van der Waals surface area (Å²) >= 11 is -2.72. The molecule has 0 fully saturated rings. The Morgan fingerprint density at radius 3 is 1.17 bits per heavy atom. The third-order valence-electron chi connectivity index (χ3n) is 7.23. The van der Waals surface area contributed by atoms with E-state index in [1.807, 2.05) is 0 Å². The first kappa shape index (κ1) is 20.9. The zero-order chi connectivity index (χ0) is 21.0. The molecule has 0 saturated carbocycles. The molecule has 150 valence electrons. The van der Waals surface area contributed by atoms with Gasteiger partial charge in [0.1, 0.15) is 0 Å². The molecule has 30 heavy (non-hydrogen) atoms. The Morgan fingerprint density at radius 1 is 0.533 bits per heavy atom. The van der Waals surface area contributed by atoms with Crippen LogP contribution in [0.25, 0.3) is 0 Å². The van der Waals surface area contributed by atoms with Crippen LogP contribution in [0, 0.1) is 0 Å². The van der Waals surface area contributed by atoms with Crippen LogP contribution in [-0.4, -0.2) is 21.3 Å². The van der Waals surface area contributed by atoms with Gasteiger partial charge in [-0.1, -0.05) is 0 Å². The van der Waals surface area contributed by atoms with Gasteiger partial charge in [-0.3, -0.25) is 0 Å². The Bertz CT molecular complexity index is 895. The van der Waals surface area contributed by atoms with Gasteiger partial charge >= 0.3 is 185 Å². The molecule has 0 aliphatic rings. The molecule has 0 aliphatic carbocycles. The number of benzene rings is 4. The van der Waals surface area contributed by atoms with Crippen molar-refractivity contribution in [2.24, 2.45) is 0 Å². The average Bonchev–Trinajstić information content (AvgIpc) is 2.84. The van der Waals surface area contributed by atoms with Gasteiger partial charge in [-0.2, -0.15) is 0 Å². The van der Waals surface area contributed by atoms with Crippen molar-refractivity contribution in [3.63, 3.8) is 0 Å². The summed E-state index contributed by atoms with van der Waals surface area (Å²) in [7, 11) is -2.02. The number of hydrogen-bond donors (Lipinski definition) is 0. The molecule has 4 rings (SSSR count). The summed E-state index contributed by atoms with van der Waals surface area (Å²) in [6, 6.07) is 45.3. The van der Waals surface area contributed by atoms with Gasteiger partial charge in [-0.25, -0.2) is 0 Å². The van der Waals surface area contributed by atoms with Crippen LogP contribution in [0.15, 0.2) is 121 Å². The maximum absolute atomic E-state index is 2.72. The van der Waals surface area contributed by atoms with Crippen LogP contribution in [-0.2, 0) is 0 Å². The van der Waals surface area contributed by atoms with Gasteiger partial charge in [-0.15, -0.1) is 0 Å². The van der Waals surface area contributed by atoms with Crippen molar-refractivity contribution in [3.05, 3.63) is 121 Å². The van der Waals surface area contributed by atoms with E-state index in [-0.39, 0.29) is 0 Å². The molecule has 4 aromatic carbocycles. The maximum atomic E-state index is 2.63. The van der Waals surface area contributed by atoms with Gasteiger partial charge in [0.15, 0.2) is 0 Å². The van der Waals surface area contributed by atoms with E-state index in [1.54, 1.807) is 8.79 Å². The van der Waals surface area contributed by atoms with Crippen LogP contribution in [0.1, 0.15) is 6.92 Å². The third kappa shape index (κ3) is 3.61. The second-order valence-corrected chi connectivity index (χ2v) is 23.5. The van der Waals surface area contributed by atoms with Gasteiger partial charge < -0.3 is 0 Å². The quantitative estimate of drug-likeness (QED) is 0.361. The molecule has 0 amide bonds. The van der Waals surface area contributed by atoms with Crippen LogP contribution >= 0.6 is 0 Å². The molecule has 0 nitrogen and oxygen atoms in total. The topological polar surface area (TPSA) is 0 Å². The zero-order valence-electron chi connectivity index (χ0n) is 18.1. The van der Waals surface area contributed by atoms with E-state index in [0.717, 1.165) is 0 Å². The molecule has 0 N–H and O–H groups in total. The second-order valence-electron chi connectivity index (χ2n) is 8.59. The molecular weight excluding hydrogens is 437 g/mol. The van der Waals surface area contributed by atoms with Crippen LogP contribution in [0.5, 0.6) is 0 Å². The molecule has 0 radical (unpaired) electrons. The predicted molar refractivity (Wildman–Crippen MR) is 137 cm³/mol. The molecule has 0 heterocycles. The predicted octanol–water partition coefficient (Wildman–Crippen LogP) is 4.70. The van der Waals surface area contributed by atoms with E-state index in [4.69, 9.17) is 0 Å². The van der Waals surface area contributed by atoms with Crippen LogP contribution in [0.2, 0.25) is 16.7 Å². The van der Waals surface area contributed by atoms with Crippen molar-refractivity contribution < 1.29 is 0 Å². The summed E-state index contributed by atoms with van der Waals surface area (Å²) in [5.74, 6) is 2.63. The Labute approximate surface area is 185 Å². The normalized spacial score (nSPS) is 13.0. The van der Waals surface area contributed by atoms with E-state index in [1.165, 1.54) is 10.4 Å². The minimum atomic E-state index is -2.72. The minimum absolute atomic E-state index is 0.618. The SMILES string of the molecule is C[CH]([Si](C)(c1ccccc1)c1ccccc1)[Ge]([CH3])([c]1ccccc1)[c]1ccccc1. The third-order valence-corrected chi connectivity index (χ3v) is 28.7. The van der Waals surface area contributed by atoms with Crippen molar-refractivity contribution in [1.29, 1.82) is 0 Å². The van der Waals surface area contributed by atoms with Gasteiger partial charge in [0, 0.05) is 0 Å². The monoisotopic (exact) mass is 468 g/mol. The average molecular weight is 467 g/mol. The summed E-state index contributed by atoms with van der Waals surface area (Å²) in [6.45, 7) is 5.16. The first-order valence-corrected chi connectivity index (χ1v) is 18.8. The molecule has 1 unspecified atom stereocenters. The zero-order valence-corrected chi connectivity index (χ0v) is 21.2. The summed E-state index contributed by atoms with van der Waals surface area (Å²) in [5.41, 5.74) is 0. The Balaban J connectivity index is 1.98. The summed E-state index contributed by atoms with van der Waals surface area (Å²) in [6.07, 6.45) is 0. The van der Waals surface area contributed by atoms with Gasteiger partial charge in [0.05, 0.1) is 0 Å². The Morgan fingerprint density at radius 2 is 0.833 bits per heavy atom. The van der Waals surface area contributed by atoms with Crippen molar-refractivity contribution >= 4 is 40.5 Å². The van der Waals surface area contributed by atoms with Crippen LogP contribution in [0.4, 0.5) is 0 Å². The van der Waals surface area contributed by atoms with Gasteiger partial charge in [0.25, 0.3) is 0 Å². The fourth-order valence-corrected chi connectivity index (χ4v) is 26.9. The molecule has 2 heteroatoms. The van der Waals surface area contributed by atoms with Crippen molar-refractivity contribution in [2.45, 2.75) is 23.6 Å². The molecule has 0 saturated heterocycles. The molecule has 0 spiro atoms. The Hall–Kier alpha value is -2.36. The molecule has 1 atom stereocenters. The van der Waals surface area contributed by atoms with Crippen molar-refractivity contribution in [2.75, 3.05) is 0 Å². The molecule has 0 bridgehead atoms. The number of hydrogen-bond acceptors (Lipinski definition) is 0.